The third-order valence-corrected chi connectivity index (χ3v) is 3.37. The van der Waals surface area contributed by atoms with Crippen molar-refractivity contribution in [2.24, 2.45) is 0 Å². The van der Waals surface area contributed by atoms with Gasteiger partial charge in [0.2, 0.25) is 0 Å². The molecule has 0 saturated carbocycles. The molecular weight excluding hydrogens is 280 g/mol. The molecule has 2 amide bonds. The number of benzene rings is 1. The molecule has 0 aliphatic rings. The van der Waals surface area contributed by atoms with Gasteiger partial charge in [-0.15, -0.1) is 0 Å². The Hall–Kier alpha value is -2.63. The van der Waals surface area contributed by atoms with Gasteiger partial charge in [-0.3, -0.25) is 9.48 Å². The molecule has 116 valence electrons. The van der Waals surface area contributed by atoms with Crippen LogP contribution in [0.25, 0.3) is 0 Å². The van der Waals surface area contributed by atoms with Crippen LogP contribution in [0.2, 0.25) is 0 Å². The first kappa shape index (κ1) is 15.8. The fraction of sp³-hybridized carbons (Fsp3) is 0.312. The first-order valence-corrected chi connectivity index (χ1v) is 7.15. The summed E-state index contributed by atoms with van der Waals surface area (Å²) in [5.41, 5.74) is 2.15. The highest BCUT2D eigenvalue weighted by molar-refractivity contribution is 5.96. The van der Waals surface area contributed by atoms with Crippen molar-refractivity contribution in [2.75, 3.05) is 12.4 Å². The Morgan fingerprint density at radius 1 is 1.32 bits per heavy atom. The van der Waals surface area contributed by atoms with E-state index in [1.54, 1.807) is 42.4 Å². The van der Waals surface area contributed by atoms with Crippen molar-refractivity contribution in [3.8, 4) is 0 Å². The van der Waals surface area contributed by atoms with Crippen LogP contribution in [0.3, 0.4) is 0 Å². The van der Waals surface area contributed by atoms with Crippen molar-refractivity contribution in [1.29, 1.82) is 0 Å². The molecule has 0 fully saturated rings. The Bertz CT molecular complexity index is 678. The second-order valence-corrected chi connectivity index (χ2v) is 5.06. The molecule has 0 atom stereocenters. The van der Waals surface area contributed by atoms with Gasteiger partial charge in [-0.25, -0.2) is 4.79 Å². The maximum Gasteiger partial charge on any atom is 0.321 e. The molecule has 0 radical (unpaired) electrons. The fourth-order valence-corrected chi connectivity index (χ4v) is 2.13. The first-order chi connectivity index (χ1) is 10.5. The third-order valence-electron chi connectivity index (χ3n) is 3.37. The number of aromatic nitrogens is 2. The van der Waals surface area contributed by atoms with E-state index in [0.29, 0.717) is 17.8 Å². The minimum Gasteiger partial charge on any atom is -0.322 e. The molecule has 1 aromatic heterocycles. The number of hydrogen-bond acceptors (Lipinski definition) is 3. The molecule has 22 heavy (non-hydrogen) atoms. The van der Waals surface area contributed by atoms with E-state index < -0.39 is 0 Å². The minimum atomic E-state index is -0.232. The predicted octanol–water partition coefficient (Wildman–Crippen LogP) is 2.77. The zero-order valence-corrected chi connectivity index (χ0v) is 13.0. The van der Waals surface area contributed by atoms with Crippen LogP contribution >= 0.6 is 0 Å². The molecule has 1 aromatic carbocycles. The van der Waals surface area contributed by atoms with Crippen LogP contribution in [0.5, 0.6) is 0 Å². The van der Waals surface area contributed by atoms with Crippen LogP contribution in [-0.4, -0.2) is 33.5 Å². The van der Waals surface area contributed by atoms with Crippen LogP contribution in [0, 0.1) is 0 Å². The number of rotatable bonds is 5. The van der Waals surface area contributed by atoms with Gasteiger partial charge in [0.05, 0.1) is 12.2 Å². The average Bonchev–Trinajstić information content (AvgIpc) is 2.94. The van der Waals surface area contributed by atoms with Gasteiger partial charge in [-0.05, 0) is 32.0 Å². The highest BCUT2D eigenvalue weighted by atomic mass is 16.2. The number of nitrogens with one attached hydrogen (secondary N) is 1. The van der Waals surface area contributed by atoms with Gasteiger partial charge in [0, 0.05) is 31.0 Å². The van der Waals surface area contributed by atoms with Crippen molar-refractivity contribution in [2.45, 2.75) is 26.9 Å². The van der Waals surface area contributed by atoms with E-state index in [4.69, 9.17) is 0 Å². The predicted molar refractivity (Wildman–Crippen MR) is 84.8 cm³/mol. The quantitative estimate of drug-likeness (QED) is 0.863. The summed E-state index contributed by atoms with van der Waals surface area (Å²) in [7, 11) is 1.72. The van der Waals surface area contributed by atoms with Crippen molar-refractivity contribution in [1.82, 2.24) is 14.7 Å². The van der Waals surface area contributed by atoms with E-state index in [1.165, 1.54) is 6.92 Å². The average molecular weight is 300 g/mol. The van der Waals surface area contributed by atoms with Crippen molar-refractivity contribution < 1.29 is 9.59 Å². The van der Waals surface area contributed by atoms with Crippen LogP contribution in [0.15, 0.2) is 36.5 Å². The number of carbonyl (C=O) groups is 2. The number of carbonyl (C=O) groups excluding carboxylic acids is 2. The van der Waals surface area contributed by atoms with Crippen LogP contribution in [0.1, 0.15) is 29.9 Å². The van der Waals surface area contributed by atoms with E-state index in [-0.39, 0.29) is 11.8 Å². The molecule has 0 unspecified atom stereocenters. The second kappa shape index (κ2) is 6.89. The van der Waals surface area contributed by atoms with Crippen molar-refractivity contribution in [3.05, 3.63) is 47.8 Å². The number of amides is 2. The number of anilines is 1. The molecule has 1 heterocycles. The summed E-state index contributed by atoms with van der Waals surface area (Å²) >= 11 is 0. The molecule has 0 aliphatic carbocycles. The van der Waals surface area contributed by atoms with E-state index in [1.807, 2.05) is 17.7 Å². The molecule has 0 saturated heterocycles. The molecule has 2 rings (SSSR count). The Balaban J connectivity index is 2.02. The summed E-state index contributed by atoms with van der Waals surface area (Å²) < 4.78 is 1.85. The lowest BCUT2D eigenvalue weighted by Gasteiger charge is -2.18. The van der Waals surface area contributed by atoms with Gasteiger partial charge < -0.3 is 10.2 Å². The Labute approximate surface area is 129 Å². The zero-order chi connectivity index (χ0) is 16.1. The number of hydrogen-bond donors (Lipinski definition) is 1. The third kappa shape index (κ3) is 3.72. The number of ketones is 1. The summed E-state index contributed by atoms with van der Waals surface area (Å²) in [5, 5.41) is 6.97. The van der Waals surface area contributed by atoms with Gasteiger partial charge in [0.25, 0.3) is 0 Å². The molecule has 0 bridgehead atoms. The lowest BCUT2D eigenvalue weighted by Crippen LogP contribution is -2.31. The van der Waals surface area contributed by atoms with E-state index in [9.17, 15) is 9.59 Å². The molecule has 6 nitrogen and oxygen atoms in total. The largest absolute Gasteiger partial charge is 0.322 e. The second-order valence-electron chi connectivity index (χ2n) is 5.06. The first-order valence-electron chi connectivity index (χ1n) is 7.15. The molecule has 2 aromatic rings. The summed E-state index contributed by atoms with van der Waals surface area (Å²) in [6, 6.07) is 8.56. The number of urea groups is 1. The number of Topliss-reactive ketones (excluding diaryl/α,β-unsaturated/α-hetero) is 1. The van der Waals surface area contributed by atoms with Gasteiger partial charge in [-0.2, -0.15) is 5.10 Å². The normalized spacial score (nSPS) is 10.3. The molecule has 0 spiro atoms. The maximum atomic E-state index is 12.2. The van der Waals surface area contributed by atoms with E-state index in [0.717, 1.165) is 12.2 Å². The molecule has 0 aliphatic heterocycles. The fourth-order valence-electron chi connectivity index (χ4n) is 2.13. The van der Waals surface area contributed by atoms with E-state index in [2.05, 4.69) is 10.4 Å². The highest BCUT2D eigenvalue weighted by Crippen LogP contribution is 2.12. The van der Waals surface area contributed by atoms with Crippen LogP contribution in [0.4, 0.5) is 10.5 Å². The van der Waals surface area contributed by atoms with E-state index >= 15 is 0 Å². The Morgan fingerprint density at radius 2 is 2.09 bits per heavy atom. The Kier molecular flexibility index (Phi) is 4.93. The summed E-state index contributed by atoms with van der Waals surface area (Å²) in [4.78, 5) is 25.2. The topological polar surface area (TPSA) is 67.2 Å². The zero-order valence-electron chi connectivity index (χ0n) is 13.0. The van der Waals surface area contributed by atoms with Crippen LogP contribution in [-0.2, 0) is 13.1 Å². The van der Waals surface area contributed by atoms with Gasteiger partial charge >= 0.3 is 6.03 Å². The van der Waals surface area contributed by atoms with Crippen molar-refractivity contribution in [3.63, 3.8) is 0 Å². The van der Waals surface area contributed by atoms with Gasteiger partial charge in [0.15, 0.2) is 5.78 Å². The minimum absolute atomic E-state index is 0.0312. The lowest BCUT2D eigenvalue weighted by molar-refractivity contribution is 0.101. The van der Waals surface area contributed by atoms with Crippen molar-refractivity contribution >= 4 is 17.5 Å². The van der Waals surface area contributed by atoms with Gasteiger partial charge in [0.1, 0.15) is 0 Å². The molecular formula is C16H20N4O2. The molecule has 6 heteroatoms. The smallest absolute Gasteiger partial charge is 0.321 e. The SMILES string of the molecule is CCn1nccc1CN(C)C(=O)Nc1cccc(C(C)=O)c1. The maximum absolute atomic E-state index is 12.2. The van der Waals surface area contributed by atoms with Crippen LogP contribution < -0.4 is 5.32 Å². The number of aryl methyl sites for hydroxylation is 1. The number of nitrogens with zero attached hydrogens (tertiary/aromatic N) is 3. The summed E-state index contributed by atoms with van der Waals surface area (Å²) in [6.45, 7) is 4.73. The monoisotopic (exact) mass is 300 g/mol. The Morgan fingerprint density at radius 3 is 2.77 bits per heavy atom. The lowest BCUT2D eigenvalue weighted by atomic mass is 10.1. The molecule has 1 N–H and O–H groups in total. The summed E-state index contributed by atoms with van der Waals surface area (Å²) in [5.74, 6) is -0.0312. The standard InChI is InChI=1S/C16H20N4O2/c1-4-20-15(8-9-17-20)11-19(3)16(22)18-14-7-5-6-13(10-14)12(2)21/h5-10H,4,11H2,1-3H3,(H,18,22). The van der Waals surface area contributed by atoms with Gasteiger partial charge in [-0.1, -0.05) is 12.1 Å². The highest BCUT2D eigenvalue weighted by Gasteiger charge is 2.12. The summed E-state index contributed by atoms with van der Waals surface area (Å²) in [6.07, 6.45) is 1.72.